The van der Waals surface area contributed by atoms with Crippen LogP contribution in [0.3, 0.4) is 0 Å². The van der Waals surface area contributed by atoms with Crippen LogP contribution in [0.25, 0.3) is 0 Å². The fourth-order valence-corrected chi connectivity index (χ4v) is 2.22. The van der Waals surface area contributed by atoms with Gasteiger partial charge in [0.05, 0.1) is 10.6 Å². The summed E-state index contributed by atoms with van der Waals surface area (Å²) in [5.41, 5.74) is 5.24. The molecule has 14 heavy (non-hydrogen) atoms. The summed E-state index contributed by atoms with van der Waals surface area (Å²) in [7, 11) is -3.32. The Morgan fingerprint density at radius 3 is 2.57 bits per heavy atom. The molecule has 0 saturated heterocycles. The van der Waals surface area contributed by atoms with E-state index in [-0.39, 0.29) is 16.3 Å². The first-order valence-corrected chi connectivity index (χ1v) is 5.76. The molecule has 5 nitrogen and oxygen atoms in total. The molecule has 0 radical (unpaired) electrons. The molecule has 6 heteroatoms. The Morgan fingerprint density at radius 2 is 2.07 bits per heavy atom. The first kappa shape index (κ1) is 10.8. The van der Waals surface area contributed by atoms with Crippen molar-refractivity contribution in [3.63, 3.8) is 0 Å². The average Bonchev–Trinajstić information content (AvgIpc) is 2.14. The number of nitrogens with two attached hydrogens (primary N) is 1. The van der Waals surface area contributed by atoms with E-state index in [4.69, 9.17) is 5.73 Å². The van der Waals surface area contributed by atoms with Gasteiger partial charge in [0, 0.05) is 6.20 Å². The topological polar surface area (TPSA) is 93.0 Å². The first-order chi connectivity index (χ1) is 6.40. The van der Waals surface area contributed by atoms with Gasteiger partial charge in [0.2, 0.25) is 0 Å². The van der Waals surface area contributed by atoms with Crippen LogP contribution in [0.5, 0.6) is 0 Å². The molecule has 0 amide bonds. The predicted molar refractivity (Wildman–Crippen MR) is 53.9 cm³/mol. The Kier molecular flexibility index (Phi) is 2.66. The van der Waals surface area contributed by atoms with E-state index in [1.165, 1.54) is 20.0 Å². The molecule has 78 valence electrons. The molecule has 1 aromatic rings. The molecule has 0 fully saturated rings. The average molecular weight is 216 g/mol. The van der Waals surface area contributed by atoms with Gasteiger partial charge in [-0.05, 0) is 12.5 Å². The van der Waals surface area contributed by atoms with E-state index in [9.17, 15) is 13.2 Å². The van der Waals surface area contributed by atoms with E-state index in [0.717, 1.165) is 0 Å². The third-order valence-electron chi connectivity index (χ3n) is 2.07. The van der Waals surface area contributed by atoms with Crippen LogP contribution in [0.15, 0.2) is 15.9 Å². The van der Waals surface area contributed by atoms with Crippen LogP contribution in [-0.2, 0) is 9.84 Å². The van der Waals surface area contributed by atoms with Gasteiger partial charge in [0.15, 0.2) is 9.84 Å². The van der Waals surface area contributed by atoms with Gasteiger partial charge in [0.25, 0.3) is 5.56 Å². The summed E-state index contributed by atoms with van der Waals surface area (Å²) >= 11 is 0. The molecule has 0 spiro atoms. The van der Waals surface area contributed by atoms with E-state index < -0.39 is 15.4 Å². The molecular formula is C8H12N2O3S. The minimum absolute atomic E-state index is 0.0146. The molecule has 0 aliphatic carbocycles. The second-order valence-electron chi connectivity index (χ2n) is 2.92. The van der Waals surface area contributed by atoms with Crippen LogP contribution in [0.4, 0.5) is 5.69 Å². The molecular weight excluding hydrogens is 204 g/mol. The van der Waals surface area contributed by atoms with Gasteiger partial charge in [-0.3, -0.25) is 4.79 Å². The molecule has 3 N–H and O–H groups in total. The molecule has 1 heterocycles. The number of H-pyrrole nitrogens is 1. The lowest BCUT2D eigenvalue weighted by atomic mass is 10.2. The number of hydrogen-bond donors (Lipinski definition) is 2. The predicted octanol–water partition coefficient (Wildman–Crippen LogP) is 0.0591. The van der Waals surface area contributed by atoms with Gasteiger partial charge < -0.3 is 10.7 Å². The van der Waals surface area contributed by atoms with Gasteiger partial charge in [-0.2, -0.15) is 0 Å². The summed E-state index contributed by atoms with van der Waals surface area (Å²) in [4.78, 5) is 13.4. The van der Waals surface area contributed by atoms with Crippen LogP contribution in [0, 0.1) is 6.92 Å². The van der Waals surface area contributed by atoms with E-state index in [1.807, 2.05) is 0 Å². The standard InChI is InChI=1S/C8H12N2O3S/c1-3-14(12,13)6-4-10-8(11)7(9)5(6)2/h4H,3,9H2,1-2H3,(H,10,11). The maximum atomic E-state index is 11.5. The minimum Gasteiger partial charge on any atom is -0.394 e. The highest BCUT2D eigenvalue weighted by Gasteiger charge is 2.17. The van der Waals surface area contributed by atoms with Gasteiger partial charge in [-0.1, -0.05) is 6.92 Å². The maximum absolute atomic E-state index is 11.5. The molecule has 0 aliphatic heterocycles. The van der Waals surface area contributed by atoms with Crippen molar-refractivity contribution in [3.05, 3.63) is 22.1 Å². The minimum atomic E-state index is -3.32. The number of nitrogens with one attached hydrogen (secondary N) is 1. The molecule has 0 saturated carbocycles. The summed E-state index contributed by atoms with van der Waals surface area (Å²) in [6, 6.07) is 0. The molecule has 1 aromatic heterocycles. The van der Waals surface area contributed by atoms with Crippen molar-refractivity contribution >= 4 is 15.5 Å². The van der Waals surface area contributed by atoms with Crippen molar-refractivity contribution in [1.29, 1.82) is 0 Å². The Bertz CT molecular complexity index is 502. The van der Waals surface area contributed by atoms with Gasteiger partial charge in [0.1, 0.15) is 5.69 Å². The van der Waals surface area contributed by atoms with E-state index in [1.54, 1.807) is 0 Å². The highest BCUT2D eigenvalue weighted by molar-refractivity contribution is 7.91. The lowest BCUT2D eigenvalue weighted by Gasteiger charge is -2.06. The summed E-state index contributed by atoms with van der Waals surface area (Å²) < 4.78 is 23.0. The summed E-state index contributed by atoms with van der Waals surface area (Å²) in [6.07, 6.45) is 1.19. The summed E-state index contributed by atoms with van der Waals surface area (Å²) in [6.45, 7) is 3.06. The van der Waals surface area contributed by atoms with Crippen molar-refractivity contribution in [3.8, 4) is 0 Å². The van der Waals surface area contributed by atoms with Crippen molar-refractivity contribution < 1.29 is 8.42 Å². The van der Waals surface area contributed by atoms with Gasteiger partial charge in [-0.15, -0.1) is 0 Å². The molecule has 0 aromatic carbocycles. The summed E-state index contributed by atoms with van der Waals surface area (Å²) in [5.74, 6) is -0.0146. The van der Waals surface area contributed by atoms with E-state index in [0.29, 0.717) is 5.56 Å². The zero-order valence-corrected chi connectivity index (χ0v) is 8.81. The number of anilines is 1. The van der Waals surface area contributed by atoms with Crippen molar-refractivity contribution in [2.24, 2.45) is 0 Å². The lowest BCUT2D eigenvalue weighted by Crippen LogP contribution is -2.17. The van der Waals surface area contributed by atoms with Crippen LogP contribution in [-0.4, -0.2) is 19.2 Å². The Morgan fingerprint density at radius 1 is 1.50 bits per heavy atom. The maximum Gasteiger partial charge on any atom is 0.271 e. The molecule has 1 rings (SSSR count). The number of nitrogen functional groups attached to an aromatic ring is 1. The molecule has 0 unspecified atom stereocenters. The normalized spacial score (nSPS) is 11.6. The smallest absolute Gasteiger partial charge is 0.271 e. The largest absolute Gasteiger partial charge is 0.394 e. The summed E-state index contributed by atoms with van der Waals surface area (Å²) in [5, 5.41) is 0. The highest BCUT2D eigenvalue weighted by atomic mass is 32.2. The zero-order chi connectivity index (χ0) is 10.9. The Hall–Kier alpha value is -1.30. The number of aromatic nitrogens is 1. The van der Waals surface area contributed by atoms with Gasteiger partial charge >= 0.3 is 0 Å². The van der Waals surface area contributed by atoms with E-state index >= 15 is 0 Å². The number of rotatable bonds is 2. The number of sulfone groups is 1. The number of hydrogen-bond acceptors (Lipinski definition) is 4. The van der Waals surface area contributed by atoms with Crippen LogP contribution in [0.1, 0.15) is 12.5 Å². The van der Waals surface area contributed by atoms with Crippen LogP contribution >= 0.6 is 0 Å². The fraction of sp³-hybridized carbons (Fsp3) is 0.375. The Balaban J connectivity index is 3.55. The second kappa shape index (κ2) is 3.45. The lowest BCUT2D eigenvalue weighted by molar-refractivity contribution is 0.596. The van der Waals surface area contributed by atoms with Crippen LogP contribution in [0.2, 0.25) is 0 Å². The highest BCUT2D eigenvalue weighted by Crippen LogP contribution is 2.17. The van der Waals surface area contributed by atoms with E-state index in [2.05, 4.69) is 4.98 Å². The second-order valence-corrected chi connectivity index (χ2v) is 5.17. The number of aromatic amines is 1. The molecule has 0 atom stereocenters. The SMILES string of the molecule is CCS(=O)(=O)c1c[nH]c(=O)c(N)c1C. The van der Waals surface area contributed by atoms with Crippen molar-refractivity contribution in [2.45, 2.75) is 18.7 Å². The zero-order valence-electron chi connectivity index (χ0n) is 7.99. The first-order valence-electron chi connectivity index (χ1n) is 4.10. The van der Waals surface area contributed by atoms with Crippen molar-refractivity contribution in [2.75, 3.05) is 11.5 Å². The fourth-order valence-electron chi connectivity index (χ4n) is 1.10. The quantitative estimate of drug-likeness (QED) is 0.731. The number of pyridine rings is 1. The molecule has 0 bridgehead atoms. The van der Waals surface area contributed by atoms with Gasteiger partial charge in [-0.25, -0.2) is 8.42 Å². The third kappa shape index (κ3) is 1.65. The third-order valence-corrected chi connectivity index (χ3v) is 3.92. The molecule has 0 aliphatic rings. The van der Waals surface area contributed by atoms with Crippen molar-refractivity contribution in [1.82, 2.24) is 4.98 Å². The van der Waals surface area contributed by atoms with Crippen LogP contribution < -0.4 is 11.3 Å². The Labute approximate surface area is 81.9 Å². The monoisotopic (exact) mass is 216 g/mol.